The van der Waals surface area contributed by atoms with Crippen LogP contribution in [0.2, 0.25) is 0 Å². The Bertz CT molecular complexity index is 1590. The number of hydrogen-bond acceptors (Lipinski definition) is 8. The van der Waals surface area contributed by atoms with E-state index in [1.54, 1.807) is 31.7 Å². The fraction of sp³-hybridized carbons (Fsp3) is 0.361. The summed E-state index contributed by atoms with van der Waals surface area (Å²) in [6.07, 6.45) is 15.9. The first-order valence-electron chi connectivity index (χ1n) is 15.2. The second-order valence-corrected chi connectivity index (χ2v) is 12.3. The first-order valence-corrected chi connectivity index (χ1v) is 16.1. The van der Waals surface area contributed by atoms with Gasteiger partial charge in [-0.15, -0.1) is 0 Å². The lowest BCUT2D eigenvalue weighted by atomic mass is 9.94. The Kier molecular flexibility index (Phi) is 11.6. The lowest BCUT2D eigenvalue weighted by Crippen LogP contribution is -2.20. The summed E-state index contributed by atoms with van der Waals surface area (Å²) in [7, 11) is 0. The molecule has 2 aromatic carbocycles. The first kappa shape index (κ1) is 32.3. The molecule has 0 N–H and O–H groups in total. The minimum atomic E-state index is -0.850. The smallest absolute Gasteiger partial charge is 0.172 e. The Morgan fingerprint density at radius 1 is 0.909 bits per heavy atom. The monoisotopic (exact) mass is 602 g/mol. The average molecular weight is 603 g/mol. The highest BCUT2D eigenvalue weighted by atomic mass is 32.2. The van der Waals surface area contributed by atoms with E-state index in [0.717, 1.165) is 29.2 Å². The molecule has 2 aromatic rings. The summed E-state index contributed by atoms with van der Waals surface area (Å²) >= 11 is 1.73. The van der Waals surface area contributed by atoms with Crippen molar-refractivity contribution in [2.24, 2.45) is 10.2 Å². The number of nitriles is 3. The number of para-hydroxylation sites is 1. The van der Waals surface area contributed by atoms with Gasteiger partial charge in [-0.25, -0.2) is 0 Å². The number of nitrogens with zero attached hydrogens (tertiary/aromatic N) is 6. The Labute approximate surface area is 265 Å². The average Bonchev–Trinajstić information content (AvgIpc) is 3.51. The van der Waals surface area contributed by atoms with Crippen LogP contribution < -0.4 is 4.90 Å². The highest BCUT2D eigenvalue weighted by Gasteiger charge is 2.38. The van der Waals surface area contributed by atoms with Gasteiger partial charge in [-0.3, -0.25) is 0 Å². The number of rotatable bonds is 13. The van der Waals surface area contributed by atoms with Crippen LogP contribution in [0, 0.1) is 34.0 Å². The molecule has 7 nitrogen and oxygen atoms in total. The molecule has 44 heavy (non-hydrogen) atoms. The van der Waals surface area contributed by atoms with Crippen molar-refractivity contribution in [3.63, 3.8) is 0 Å². The molecule has 224 valence electrons. The molecule has 0 radical (unpaired) electrons. The number of allylic oxidation sites excluding steroid dienone is 2. The molecule has 0 amide bonds. The van der Waals surface area contributed by atoms with E-state index in [4.69, 9.17) is 4.74 Å². The quantitative estimate of drug-likeness (QED) is 0.128. The summed E-state index contributed by atoms with van der Waals surface area (Å²) in [4.78, 5) is 3.60. The van der Waals surface area contributed by atoms with Gasteiger partial charge in [-0.2, -0.15) is 26.0 Å². The van der Waals surface area contributed by atoms with Gasteiger partial charge in [0, 0.05) is 17.0 Å². The van der Waals surface area contributed by atoms with Crippen molar-refractivity contribution in [1.82, 2.24) is 0 Å². The minimum absolute atomic E-state index is 0.0342. The van der Waals surface area contributed by atoms with Gasteiger partial charge in [0.1, 0.15) is 34.4 Å². The SMILES string of the molecule is CCCCCCCCCCN1/C(=C/N=Nc2ccc(/C=C/C3=C(C#N)C(=C(C#N)C#N)OC3(C)C)cc2)Sc2ccccc21. The summed E-state index contributed by atoms with van der Waals surface area (Å²) in [6, 6.07) is 21.9. The lowest BCUT2D eigenvalue weighted by Gasteiger charge is -2.20. The van der Waals surface area contributed by atoms with Crippen LogP contribution in [0.15, 0.2) is 103 Å². The Morgan fingerprint density at radius 3 is 2.27 bits per heavy atom. The fourth-order valence-electron chi connectivity index (χ4n) is 5.24. The second-order valence-electron chi connectivity index (χ2n) is 11.2. The van der Waals surface area contributed by atoms with E-state index in [-0.39, 0.29) is 16.9 Å². The maximum absolute atomic E-state index is 9.73. The number of benzene rings is 2. The van der Waals surface area contributed by atoms with Crippen LogP contribution in [0.3, 0.4) is 0 Å². The van der Waals surface area contributed by atoms with Crippen LogP contribution >= 0.6 is 11.8 Å². The molecule has 2 aliphatic rings. The van der Waals surface area contributed by atoms with Gasteiger partial charge in [0.15, 0.2) is 11.3 Å². The normalized spacial score (nSPS) is 16.3. The van der Waals surface area contributed by atoms with E-state index in [2.05, 4.69) is 52.4 Å². The van der Waals surface area contributed by atoms with Crippen LogP contribution in [0.1, 0.15) is 77.7 Å². The molecule has 0 saturated heterocycles. The highest BCUT2D eigenvalue weighted by Crippen LogP contribution is 2.46. The zero-order valence-electron chi connectivity index (χ0n) is 25.7. The van der Waals surface area contributed by atoms with Crippen LogP contribution in [-0.2, 0) is 4.74 Å². The molecule has 0 aromatic heterocycles. The van der Waals surface area contributed by atoms with Crippen molar-refractivity contribution in [3.8, 4) is 18.2 Å². The predicted octanol–water partition coefficient (Wildman–Crippen LogP) is 10.3. The van der Waals surface area contributed by atoms with E-state index in [1.165, 1.54) is 55.5 Å². The Balaban J connectivity index is 1.40. The van der Waals surface area contributed by atoms with Crippen molar-refractivity contribution in [2.75, 3.05) is 11.4 Å². The molecule has 0 aliphatic carbocycles. The molecule has 2 heterocycles. The Hall–Kier alpha value is -4.58. The third kappa shape index (κ3) is 8.07. The van der Waals surface area contributed by atoms with Gasteiger partial charge in [0.25, 0.3) is 0 Å². The van der Waals surface area contributed by atoms with Gasteiger partial charge in [0.2, 0.25) is 0 Å². The third-order valence-electron chi connectivity index (χ3n) is 7.61. The molecular weight excluding hydrogens is 565 g/mol. The van der Waals surface area contributed by atoms with E-state index in [0.29, 0.717) is 5.57 Å². The van der Waals surface area contributed by atoms with Gasteiger partial charge >= 0.3 is 0 Å². The van der Waals surface area contributed by atoms with Crippen molar-refractivity contribution in [2.45, 2.75) is 82.6 Å². The maximum atomic E-state index is 9.73. The van der Waals surface area contributed by atoms with Crippen LogP contribution in [-0.4, -0.2) is 12.1 Å². The summed E-state index contributed by atoms with van der Waals surface area (Å²) in [6.45, 7) is 6.84. The lowest BCUT2D eigenvalue weighted by molar-refractivity contribution is 0.0954. The van der Waals surface area contributed by atoms with Crippen LogP contribution in [0.5, 0.6) is 0 Å². The standard InChI is InChI=1S/C36H38N6OS/c1-4-5-6-7-8-9-10-13-22-42-32-14-11-12-15-33(32)44-34(42)26-40-41-29-19-16-27(17-20-29)18-21-31-30(25-39)35(28(23-37)24-38)43-36(31,2)3/h11-12,14-21,26H,4-10,13,22H2,1-3H3/b21-18+,34-26-,41-40?. The van der Waals surface area contributed by atoms with E-state index < -0.39 is 5.60 Å². The summed E-state index contributed by atoms with van der Waals surface area (Å²) in [5, 5.41) is 38.2. The van der Waals surface area contributed by atoms with Crippen LogP contribution in [0.25, 0.3) is 6.08 Å². The van der Waals surface area contributed by atoms with Crippen molar-refractivity contribution < 1.29 is 4.74 Å². The third-order valence-corrected chi connectivity index (χ3v) is 8.71. The molecule has 0 bridgehead atoms. The maximum Gasteiger partial charge on any atom is 0.172 e. The van der Waals surface area contributed by atoms with Crippen molar-refractivity contribution >= 4 is 29.2 Å². The molecule has 4 rings (SSSR count). The molecule has 2 aliphatic heterocycles. The van der Waals surface area contributed by atoms with Gasteiger partial charge in [-0.05, 0) is 50.1 Å². The Morgan fingerprint density at radius 2 is 1.59 bits per heavy atom. The zero-order valence-corrected chi connectivity index (χ0v) is 26.5. The molecule has 0 fully saturated rings. The largest absolute Gasteiger partial charge is 0.480 e. The molecular formula is C36H38N6OS. The summed E-state index contributed by atoms with van der Waals surface area (Å²) < 4.78 is 5.83. The van der Waals surface area contributed by atoms with Gasteiger partial charge < -0.3 is 9.64 Å². The number of hydrogen-bond donors (Lipinski definition) is 0. The van der Waals surface area contributed by atoms with E-state index in [9.17, 15) is 15.8 Å². The second kappa shape index (κ2) is 15.8. The van der Waals surface area contributed by atoms with E-state index >= 15 is 0 Å². The van der Waals surface area contributed by atoms with Crippen molar-refractivity contribution in [3.05, 3.63) is 93.9 Å². The zero-order chi connectivity index (χ0) is 31.4. The fourth-order valence-corrected chi connectivity index (χ4v) is 6.30. The predicted molar refractivity (Wildman–Crippen MR) is 176 cm³/mol. The van der Waals surface area contributed by atoms with Crippen molar-refractivity contribution in [1.29, 1.82) is 15.8 Å². The molecule has 0 saturated carbocycles. The molecule has 0 spiro atoms. The topological polar surface area (TPSA) is 109 Å². The summed E-state index contributed by atoms with van der Waals surface area (Å²) in [5.74, 6) is 0.0342. The number of unbranched alkanes of at least 4 members (excludes halogenated alkanes) is 7. The van der Waals surface area contributed by atoms with Gasteiger partial charge in [-0.1, -0.05) is 100 Å². The number of azo groups is 1. The summed E-state index contributed by atoms with van der Waals surface area (Å²) in [5.41, 5.74) is 2.62. The molecule has 0 atom stereocenters. The van der Waals surface area contributed by atoms with Gasteiger partial charge in [0.05, 0.1) is 17.6 Å². The van der Waals surface area contributed by atoms with Crippen LogP contribution in [0.4, 0.5) is 11.4 Å². The number of thioether (sulfide) groups is 1. The number of fused-ring (bicyclic) bond motifs is 1. The number of ether oxygens (including phenoxy) is 1. The molecule has 8 heteroatoms. The molecule has 0 unspecified atom stereocenters. The highest BCUT2D eigenvalue weighted by molar-refractivity contribution is 8.03. The number of anilines is 1. The van der Waals surface area contributed by atoms with E-state index in [1.807, 2.05) is 48.7 Å². The first-order chi connectivity index (χ1) is 21.4. The minimum Gasteiger partial charge on any atom is -0.480 e.